The molecule has 2 nitrogen and oxygen atoms in total. The van der Waals surface area contributed by atoms with E-state index in [9.17, 15) is 4.79 Å². The van der Waals surface area contributed by atoms with Crippen LogP contribution in [0.15, 0.2) is 17.0 Å². The molecule has 1 N–H and O–H groups in total. The molecule has 1 aliphatic rings. The number of thiophene rings is 1. The minimum Gasteiger partial charge on any atom is -0.321 e. The number of amides is 1. The summed E-state index contributed by atoms with van der Waals surface area (Å²) < 4.78 is 0. The zero-order chi connectivity index (χ0) is 8.72. The van der Waals surface area contributed by atoms with Gasteiger partial charge in [0.2, 0.25) is 0 Å². The molecule has 1 amide bonds. The summed E-state index contributed by atoms with van der Waals surface area (Å²) in [6.07, 6.45) is 0. The fourth-order valence-corrected chi connectivity index (χ4v) is 2.11. The van der Waals surface area contributed by atoms with E-state index in [2.05, 4.69) is 5.32 Å². The van der Waals surface area contributed by atoms with Gasteiger partial charge in [-0.25, -0.2) is 0 Å². The summed E-state index contributed by atoms with van der Waals surface area (Å²) in [5.41, 5.74) is 3.20. The number of allylic oxidation sites excluding steroid dienone is 1. The van der Waals surface area contributed by atoms with Gasteiger partial charge in [0.15, 0.2) is 0 Å². The van der Waals surface area contributed by atoms with Crippen LogP contribution < -0.4 is 5.32 Å². The summed E-state index contributed by atoms with van der Waals surface area (Å²) >= 11 is 1.50. The molecule has 1 aromatic heterocycles. The van der Waals surface area contributed by atoms with Gasteiger partial charge in [-0.1, -0.05) is 5.57 Å². The van der Waals surface area contributed by atoms with Gasteiger partial charge in [-0.15, -0.1) is 11.3 Å². The average Bonchev–Trinajstić information content (AvgIpc) is 2.53. The van der Waals surface area contributed by atoms with E-state index < -0.39 is 0 Å². The van der Waals surface area contributed by atoms with Gasteiger partial charge in [-0.2, -0.15) is 0 Å². The van der Waals surface area contributed by atoms with E-state index in [1.807, 2.05) is 25.3 Å². The molecule has 0 radical (unpaired) electrons. The monoisotopic (exact) mass is 179 g/mol. The minimum absolute atomic E-state index is 0.0381. The van der Waals surface area contributed by atoms with E-state index in [1.54, 1.807) is 0 Å². The highest BCUT2D eigenvalue weighted by Gasteiger charge is 2.25. The molecule has 62 valence electrons. The molecule has 0 saturated carbocycles. The van der Waals surface area contributed by atoms with Crippen molar-refractivity contribution in [3.05, 3.63) is 27.5 Å². The molecule has 2 rings (SSSR count). The highest BCUT2D eigenvalue weighted by molar-refractivity contribution is 7.12. The fourth-order valence-electron chi connectivity index (χ4n) is 1.31. The van der Waals surface area contributed by atoms with Crippen molar-refractivity contribution in [3.63, 3.8) is 0 Å². The smallest absolute Gasteiger partial charge is 0.266 e. The number of fused-ring (bicyclic) bond motifs is 1. The molecule has 0 spiro atoms. The largest absolute Gasteiger partial charge is 0.321 e. The third kappa shape index (κ3) is 0.898. The number of carbonyl (C=O) groups excluding carboxylic acids is 1. The van der Waals surface area contributed by atoms with Gasteiger partial charge in [0.05, 0.1) is 0 Å². The number of nitrogens with one attached hydrogen (secondary N) is 1. The lowest BCUT2D eigenvalue weighted by molar-refractivity contribution is 0.0984. The van der Waals surface area contributed by atoms with Crippen LogP contribution in [0.5, 0.6) is 0 Å². The Morgan fingerprint density at radius 3 is 2.92 bits per heavy atom. The molecule has 2 heterocycles. The first-order valence-corrected chi connectivity index (χ1v) is 4.65. The van der Waals surface area contributed by atoms with Crippen LogP contribution in [0.3, 0.4) is 0 Å². The maximum atomic E-state index is 11.3. The molecular formula is C9H9NOS. The molecule has 0 saturated heterocycles. The van der Waals surface area contributed by atoms with Crippen LogP contribution in [0.2, 0.25) is 0 Å². The highest BCUT2D eigenvalue weighted by Crippen LogP contribution is 2.30. The van der Waals surface area contributed by atoms with Crippen LogP contribution in [-0.4, -0.2) is 5.91 Å². The van der Waals surface area contributed by atoms with Crippen LogP contribution in [0.1, 0.15) is 29.1 Å². The molecule has 1 aliphatic heterocycles. The lowest BCUT2D eigenvalue weighted by Crippen LogP contribution is -2.12. The van der Waals surface area contributed by atoms with Crippen molar-refractivity contribution in [3.8, 4) is 0 Å². The Balaban J connectivity index is 2.64. The molecular weight excluding hydrogens is 170 g/mol. The maximum Gasteiger partial charge on any atom is 0.266 e. The fraction of sp³-hybridized carbons (Fsp3) is 0.222. The van der Waals surface area contributed by atoms with Crippen LogP contribution in [-0.2, 0) is 0 Å². The molecule has 0 aliphatic carbocycles. The first-order valence-electron chi connectivity index (χ1n) is 3.77. The molecule has 0 atom stereocenters. The second-order valence-electron chi connectivity index (χ2n) is 2.99. The normalized spacial score (nSPS) is 14.5. The highest BCUT2D eigenvalue weighted by atomic mass is 32.1. The molecule has 0 unspecified atom stereocenters. The summed E-state index contributed by atoms with van der Waals surface area (Å²) in [5.74, 6) is 0.0381. The minimum atomic E-state index is 0.0381. The van der Waals surface area contributed by atoms with Crippen molar-refractivity contribution in [2.75, 3.05) is 0 Å². The Hall–Kier alpha value is -1.09. The number of hydrogen-bond acceptors (Lipinski definition) is 2. The summed E-state index contributed by atoms with van der Waals surface area (Å²) in [7, 11) is 0. The van der Waals surface area contributed by atoms with Crippen LogP contribution in [0.25, 0.3) is 5.70 Å². The first-order chi connectivity index (χ1) is 5.70. The van der Waals surface area contributed by atoms with Gasteiger partial charge in [-0.05, 0) is 25.3 Å². The summed E-state index contributed by atoms with van der Waals surface area (Å²) in [4.78, 5) is 12.1. The predicted octanol–water partition coefficient (Wildman–Crippen LogP) is 2.24. The predicted molar refractivity (Wildman–Crippen MR) is 50.1 cm³/mol. The van der Waals surface area contributed by atoms with Crippen molar-refractivity contribution in [1.29, 1.82) is 0 Å². The summed E-state index contributed by atoms with van der Waals surface area (Å²) in [5, 5.41) is 4.80. The topological polar surface area (TPSA) is 29.1 Å². The van der Waals surface area contributed by atoms with E-state index in [0.717, 1.165) is 21.7 Å². The zero-order valence-corrected chi connectivity index (χ0v) is 7.79. The Kier molecular flexibility index (Phi) is 1.54. The quantitative estimate of drug-likeness (QED) is 0.650. The summed E-state index contributed by atoms with van der Waals surface area (Å²) in [6.45, 7) is 4.00. The Bertz CT molecular complexity index is 372. The van der Waals surface area contributed by atoms with Gasteiger partial charge >= 0.3 is 0 Å². The average molecular weight is 179 g/mol. The maximum absolute atomic E-state index is 11.3. The molecule has 12 heavy (non-hydrogen) atoms. The van der Waals surface area contributed by atoms with Crippen molar-refractivity contribution in [2.45, 2.75) is 13.8 Å². The molecule has 0 aromatic carbocycles. The Labute approximate surface area is 74.9 Å². The standard InChI is InChI=1S/C9H9NOS/c1-5(2)7-6-3-4-12-8(6)9(11)10-7/h3-4H,1-2H3,(H,10,11). The molecule has 1 aromatic rings. The lowest BCUT2D eigenvalue weighted by atomic mass is 10.1. The van der Waals surface area contributed by atoms with Gasteiger partial charge < -0.3 is 5.32 Å². The summed E-state index contributed by atoms with van der Waals surface area (Å²) in [6, 6.07) is 1.99. The van der Waals surface area contributed by atoms with Crippen molar-refractivity contribution >= 4 is 22.9 Å². The van der Waals surface area contributed by atoms with E-state index >= 15 is 0 Å². The van der Waals surface area contributed by atoms with Gasteiger partial charge in [0.1, 0.15) is 4.88 Å². The van der Waals surface area contributed by atoms with Crippen molar-refractivity contribution in [1.82, 2.24) is 5.32 Å². The van der Waals surface area contributed by atoms with Gasteiger partial charge in [0, 0.05) is 11.3 Å². The number of hydrogen-bond donors (Lipinski definition) is 1. The van der Waals surface area contributed by atoms with Crippen LogP contribution >= 0.6 is 11.3 Å². The van der Waals surface area contributed by atoms with Gasteiger partial charge in [-0.3, -0.25) is 4.79 Å². The zero-order valence-electron chi connectivity index (χ0n) is 6.97. The van der Waals surface area contributed by atoms with E-state index in [1.165, 1.54) is 11.3 Å². The lowest BCUT2D eigenvalue weighted by Gasteiger charge is -1.99. The molecule has 0 fully saturated rings. The van der Waals surface area contributed by atoms with Crippen molar-refractivity contribution < 1.29 is 4.79 Å². The third-order valence-electron chi connectivity index (χ3n) is 1.88. The third-order valence-corrected chi connectivity index (χ3v) is 2.79. The number of carbonyl (C=O) groups is 1. The first kappa shape index (κ1) is 7.55. The van der Waals surface area contributed by atoms with E-state index in [4.69, 9.17) is 0 Å². The van der Waals surface area contributed by atoms with E-state index in [0.29, 0.717) is 0 Å². The molecule has 0 bridgehead atoms. The SMILES string of the molecule is CC(C)=C1NC(=O)c2sccc21. The molecule has 3 heteroatoms. The van der Waals surface area contributed by atoms with E-state index in [-0.39, 0.29) is 5.91 Å². The van der Waals surface area contributed by atoms with Gasteiger partial charge in [0.25, 0.3) is 5.91 Å². The second kappa shape index (κ2) is 2.45. The van der Waals surface area contributed by atoms with Crippen LogP contribution in [0.4, 0.5) is 0 Å². The van der Waals surface area contributed by atoms with Crippen molar-refractivity contribution in [2.24, 2.45) is 0 Å². The Morgan fingerprint density at radius 2 is 2.25 bits per heavy atom. The van der Waals surface area contributed by atoms with Crippen LogP contribution in [0, 0.1) is 0 Å². The Morgan fingerprint density at radius 1 is 1.50 bits per heavy atom. The number of rotatable bonds is 0. The second-order valence-corrected chi connectivity index (χ2v) is 3.91.